The number of benzene rings is 1. The Hall–Kier alpha value is -0.960. The topological polar surface area (TPSA) is 87.7 Å². The number of hydrogen-bond donors (Lipinski definition) is 2. The minimum absolute atomic E-state index is 0.0259. The average Bonchev–Trinajstić information content (AvgIpc) is 2.80. The number of sulfonamides is 1. The summed E-state index contributed by atoms with van der Waals surface area (Å²) in [7, 11) is -3.86. The Morgan fingerprint density at radius 2 is 2.00 bits per heavy atom. The molecular formula is C10H10Cl2N4O2S2. The second-order valence-corrected chi connectivity index (χ2v) is 7.05. The zero-order chi connectivity index (χ0) is 14.9. The van der Waals surface area contributed by atoms with Crippen LogP contribution in [0.2, 0.25) is 10.0 Å². The first-order valence-corrected chi connectivity index (χ1v) is 8.74. The zero-order valence-electron chi connectivity index (χ0n) is 10.4. The fraction of sp³-hybridized carbons (Fsp3) is 0.200. The van der Waals surface area contributed by atoms with Crippen LogP contribution in [0.15, 0.2) is 22.2 Å². The Bertz CT molecular complexity index is 746. The van der Waals surface area contributed by atoms with Crippen LogP contribution in [0, 0.1) is 6.92 Å². The van der Waals surface area contributed by atoms with E-state index in [0.717, 1.165) is 0 Å². The number of aromatic nitrogens is 3. The summed E-state index contributed by atoms with van der Waals surface area (Å²) in [6, 6.07) is 2.79. The maximum Gasteiger partial charge on any atom is 0.265 e. The van der Waals surface area contributed by atoms with E-state index in [1.807, 2.05) is 0 Å². The molecule has 1 heterocycles. The van der Waals surface area contributed by atoms with E-state index in [-0.39, 0.29) is 15.9 Å². The molecule has 108 valence electrons. The largest absolute Gasteiger partial charge is 0.265 e. The van der Waals surface area contributed by atoms with E-state index in [0.29, 0.717) is 15.7 Å². The molecule has 1 aromatic carbocycles. The quantitative estimate of drug-likeness (QED) is 0.825. The highest BCUT2D eigenvalue weighted by atomic mass is 35.5. The maximum absolute atomic E-state index is 12.3. The molecule has 0 aliphatic heterocycles. The minimum Gasteiger partial charge on any atom is -0.247 e. The van der Waals surface area contributed by atoms with E-state index in [1.165, 1.54) is 23.9 Å². The molecule has 0 aliphatic carbocycles. The van der Waals surface area contributed by atoms with Gasteiger partial charge in [-0.2, -0.15) is 4.98 Å². The highest BCUT2D eigenvalue weighted by molar-refractivity contribution is 7.98. The van der Waals surface area contributed by atoms with E-state index in [4.69, 9.17) is 23.2 Å². The van der Waals surface area contributed by atoms with Crippen molar-refractivity contribution in [2.24, 2.45) is 0 Å². The van der Waals surface area contributed by atoms with Gasteiger partial charge in [0.05, 0.1) is 5.02 Å². The third-order valence-corrected chi connectivity index (χ3v) is 5.14. The SMILES string of the molecule is CSc1n[nH]c(NS(=O)(=O)c2cc(C)c(Cl)cc2Cl)n1. The lowest BCUT2D eigenvalue weighted by atomic mass is 10.2. The van der Waals surface area contributed by atoms with Crippen LogP contribution in [0.1, 0.15) is 5.56 Å². The summed E-state index contributed by atoms with van der Waals surface area (Å²) < 4.78 is 26.8. The number of rotatable bonds is 4. The lowest BCUT2D eigenvalue weighted by Gasteiger charge is -2.08. The third kappa shape index (κ3) is 3.20. The third-order valence-electron chi connectivity index (χ3n) is 2.38. The molecule has 0 fully saturated rings. The van der Waals surface area contributed by atoms with Crippen LogP contribution in [0.5, 0.6) is 0 Å². The highest BCUT2D eigenvalue weighted by Gasteiger charge is 2.21. The molecule has 0 amide bonds. The Labute approximate surface area is 130 Å². The van der Waals surface area contributed by atoms with Crippen molar-refractivity contribution in [2.75, 3.05) is 11.0 Å². The van der Waals surface area contributed by atoms with Crippen molar-refractivity contribution in [2.45, 2.75) is 17.0 Å². The van der Waals surface area contributed by atoms with Crippen LogP contribution in [-0.2, 0) is 10.0 Å². The number of halogens is 2. The summed E-state index contributed by atoms with van der Waals surface area (Å²) in [6.45, 7) is 1.69. The summed E-state index contributed by atoms with van der Waals surface area (Å²) in [5.74, 6) is 0.0259. The first kappa shape index (κ1) is 15.4. The molecule has 0 bridgehead atoms. The van der Waals surface area contributed by atoms with Gasteiger partial charge in [0.2, 0.25) is 11.1 Å². The summed E-state index contributed by atoms with van der Waals surface area (Å²) in [5.41, 5.74) is 0.610. The average molecular weight is 353 g/mol. The Balaban J connectivity index is 2.37. The molecular weight excluding hydrogens is 343 g/mol. The number of nitrogens with one attached hydrogen (secondary N) is 2. The second-order valence-electron chi connectivity index (χ2n) is 3.81. The minimum atomic E-state index is -3.86. The van der Waals surface area contributed by atoms with Crippen LogP contribution in [0.25, 0.3) is 0 Å². The van der Waals surface area contributed by atoms with Crippen LogP contribution < -0.4 is 4.72 Å². The number of anilines is 1. The van der Waals surface area contributed by atoms with Gasteiger partial charge in [0, 0.05) is 5.02 Å². The molecule has 20 heavy (non-hydrogen) atoms. The standard InChI is InChI=1S/C10H10Cl2N4O2S2/c1-5-3-8(7(12)4-6(5)11)20(17,18)16-9-13-10(19-2)15-14-9/h3-4H,1-2H3,(H2,13,14,15,16). The van der Waals surface area contributed by atoms with Gasteiger partial charge in [-0.15, -0.1) is 5.10 Å². The molecule has 0 unspecified atom stereocenters. The smallest absolute Gasteiger partial charge is 0.247 e. The highest BCUT2D eigenvalue weighted by Crippen LogP contribution is 2.29. The normalized spacial score (nSPS) is 11.6. The summed E-state index contributed by atoms with van der Waals surface area (Å²) in [6.07, 6.45) is 1.78. The number of aryl methyl sites for hydroxylation is 1. The van der Waals surface area contributed by atoms with Crippen LogP contribution >= 0.6 is 35.0 Å². The van der Waals surface area contributed by atoms with Gasteiger partial charge in [-0.05, 0) is 30.9 Å². The molecule has 0 atom stereocenters. The van der Waals surface area contributed by atoms with Crippen molar-refractivity contribution in [1.82, 2.24) is 15.2 Å². The van der Waals surface area contributed by atoms with E-state index in [9.17, 15) is 8.42 Å². The van der Waals surface area contributed by atoms with E-state index >= 15 is 0 Å². The summed E-state index contributed by atoms with van der Waals surface area (Å²) >= 11 is 13.1. The number of hydrogen-bond acceptors (Lipinski definition) is 5. The molecule has 2 rings (SSSR count). The predicted octanol–water partition coefficient (Wildman–Crippen LogP) is 2.94. The first-order valence-electron chi connectivity index (χ1n) is 5.28. The van der Waals surface area contributed by atoms with Gasteiger partial charge in [0.15, 0.2) is 0 Å². The molecule has 0 spiro atoms. The molecule has 10 heteroatoms. The number of nitrogens with zero attached hydrogens (tertiary/aromatic N) is 2. The van der Waals surface area contributed by atoms with Crippen molar-refractivity contribution in [3.63, 3.8) is 0 Å². The first-order chi connectivity index (χ1) is 9.33. The van der Waals surface area contributed by atoms with Crippen LogP contribution in [0.3, 0.4) is 0 Å². The lowest BCUT2D eigenvalue weighted by molar-refractivity contribution is 0.601. The Morgan fingerprint density at radius 1 is 1.30 bits per heavy atom. The van der Waals surface area contributed by atoms with Crippen molar-refractivity contribution in [3.8, 4) is 0 Å². The van der Waals surface area contributed by atoms with Crippen molar-refractivity contribution >= 4 is 50.9 Å². The summed E-state index contributed by atoms with van der Waals surface area (Å²) in [5, 5.41) is 7.17. The molecule has 0 saturated carbocycles. The lowest BCUT2D eigenvalue weighted by Crippen LogP contribution is -2.14. The van der Waals surface area contributed by atoms with Gasteiger partial charge in [0.1, 0.15) is 4.90 Å². The fourth-order valence-corrected chi connectivity index (χ4v) is 3.51. The molecule has 2 aromatic rings. The van der Waals surface area contributed by atoms with Crippen LogP contribution in [0.4, 0.5) is 5.95 Å². The second kappa shape index (κ2) is 5.80. The Morgan fingerprint density at radius 3 is 2.60 bits per heavy atom. The monoisotopic (exact) mass is 352 g/mol. The van der Waals surface area contributed by atoms with Gasteiger partial charge < -0.3 is 0 Å². The van der Waals surface area contributed by atoms with Gasteiger partial charge in [-0.3, -0.25) is 0 Å². The molecule has 6 nitrogen and oxygen atoms in total. The molecule has 0 saturated heterocycles. The number of aromatic amines is 1. The van der Waals surface area contributed by atoms with Crippen LogP contribution in [-0.4, -0.2) is 29.9 Å². The number of thioether (sulfide) groups is 1. The summed E-state index contributed by atoms with van der Waals surface area (Å²) in [4.78, 5) is 3.88. The van der Waals surface area contributed by atoms with Crippen molar-refractivity contribution < 1.29 is 8.42 Å². The van der Waals surface area contributed by atoms with Crippen molar-refractivity contribution in [3.05, 3.63) is 27.7 Å². The Kier molecular flexibility index (Phi) is 4.48. The molecule has 0 radical (unpaired) electrons. The fourth-order valence-electron chi connectivity index (χ4n) is 1.40. The molecule has 1 aromatic heterocycles. The number of H-pyrrole nitrogens is 1. The van der Waals surface area contributed by atoms with E-state index in [1.54, 1.807) is 13.2 Å². The van der Waals surface area contributed by atoms with Gasteiger partial charge in [-0.25, -0.2) is 18.2 Å². The van der Waals surface area contributed by atoms with E-state index in [2.05, 4.69) is 19.9 Å². The van der Waals surface area contributed by atoms with E-state index < -0.39 is 10.0 Å². The maximum atomic E-state index is 12.3. The molecule has 0 aliphatic rings. The van der Waals surface area contributed by atoms with Gasteiger partial charge >= 0.3 is 0 Å². The zero-order valence-corrected chi connectivity index (χ0v) is 13.6. The predicted molar refractivity (Wildman–Crippen MR) is 80.2 cm³/mol. The van der Waals surface area contributed by atoms with Gasteiger partial charge in [0.25, 0.3) is 10.0 Å². The molecule has 2 N–H and O–H groups in total. The van der Waals surface area contributed by atoms with Gasteiger partial charge in [-0.1, -0.05) is 35.0 Å². The van der Waals surface area contributed by atoms with Crippen molar-refractivity contribution in [1.29, 1.82) is 0 Å².